The summed E-state index contributed by atoms with van der Waals surface area (Å²) >= 11 is 0. The zero-order chi connectivity index (χ0) is 18.9. The van der Waals surface area contributed by atoms with Gasteiger partial charge in [0.05, 0.1) is 18.8 Å². The fourth-order valence-corrected chi connectivity index (χ4v) is 3.73. The molecule has 2 aliphatic heterocycles. The van der Waals surface area contributed by atoms with E-state index in [0.717, 1.165) is 77.3 Å². The van der Waals surface area contributed by atoms with Gasteiger partial charge in [-0.2, -0.15) is 0 Å². The summed E-state index contributed by atoms with van der Waals surface area (Å²) < 4.78 is 11.8. The largest absolute Gasteiger partial charge is 0.376 e. The Labute approximate surface area is 163 Å². The molecule has 0 spiro atoms. The summed E-state index contributed by atoms with van der Waals surface area (Å²) in [4.78, 5) is 18.4. The third kappa shape index (κ3) is 7.30. The van der Waals surface area contributed by atoms with E-state index in [1.807, 2.05) is 7.05 Å². The second kappa shape index (κ2) is 10.9. The van der Waals surface area contributed by atoms with Crippen LogP contribution in [0.5, 0.6) is 0 Å². The van der Waals surface area contributed by atoms with Crippen LogP contribution in [0.4, 0.5) is 0 Å². The van der Waals surface area contributed by atoms with Gasteiger partial charge < -0.3 is 25.0 Å². The molecule has 0 radical (unpaired) electrons. The Balaban J connectivity index is 1.26. The summed E-state index contributed by atoms with van der Waals surface area (Å²) in [6.07, 6.45) is 9.96. The van der Waals surface area contributed by atoms with Gasteiger partial charge in [-0.05, 0) is 51.4 Å². The Morgan fingerprint density at radius 3 is 2.67 bits per heavy atom. The zero-order valence-electron chi connectivity index (χ0n) is 16.8. The smallest absolute Gasteiger partial charge is 0.220 e. The lowest BCUT2D eigenvalue weighted by Gasteiger charge is -2.35. The molecule has 3 rings (SSSR count). The molecule has 27 heavy (non-hydrogen) atoms. The lowest BCUT2D eigenvalue weighted by Crippen LogP contribution is -2.47. The molecule has 7 nitrogen and oxygen atoms in total. The van der Waals surface area contributed by atoms with E-state index in [1.165, 1.54) is 12.8 Å². The molecular weight excluding hydrogens is 344 g/mol. The molecule has 154 valence electrons. The van der Waals surface area contributed by atoms with Crippen molar-refractivity contribution in [3.05, 3.63) is 0 Å². The predicted octanol–water partition coefficient (Wildman–Crippen LogP) is 1.67. The van der Waals surface area contributed by atoms with Crippen LogP contribution in [-0.2, 0) is 14.3 Å². The fourth-order valence-electron chi connectivity index (χ4n) is 3.73. The van der Waals surface area contributed by atoms with Crippen LogP contribution in [0.15, 0.2) is 4.99 Å². The summed E-state index contributed by atoms with van der Waals surface area (Å²) in [5.41, 5.74) is 0. The van der Waals surface area contributed by atoms with Crippen LogP contribution in [0.1, 0.15) is 57.8 Å². The van der Waals surface area contributed by atoms with E-state index in [1.54, 1.807) is 0 Å². The van der Waals surface area contributed by atoms with E-state index >= 15 is 0 Å². The minimum absolute atomic E-state index is 0.175. The highest BCUT2D eigenvalue weighted by Crippen LogP contribution is 2.19. The van der Waals surface area contributed by atoms with Crippen molar-refractivity contribution in [1.29, 1.82) is 0 Å². The highest BCUT2D eigenvalue weighted by Gasteiger charge is 2.24. The topological polar surface area (TPSA) is 75.2 Å². The number of nitrogens with one attached hydrogen (secondary N) is 2. The Hall–Kier alpha value is -1.34. The molecule has 1 aliphatic carbocycles. The van der Waals surface area contributed by atoms with E-state index in [9.17, 15) is 4.79 Å². The molecule has 2 saturated heterocycles. The van der Waals surface area contributed by atoms with Gasteiger partial charge in [0.2, 0.25) is 5.91 Å². The molecule has 2 N–H and O–H groups in total. The van der Waals surface area contributed by atoms with Crippen molar-refractivity contribution >= 4 is 11.9 Å². The lowest BCUT2D eigenvalue weighted by molar-refractivity contribution is -0.121. The molecule has 3 aliphatic rings. The second-order valence-corrected chi connectivity index (χ2v) is 7.93. The number of piperidine rings is 1. The first-order valence-corrected chi connectivity index (χ1v) is 10.7. The van der Waals surface area contributed by atoms with Gasteiger partial charge in [-0.15, -0.1) is 0 Å². The number of likely N-dealkylation sites (tertiary alicyclic amines) is 1. The van der Waals surface area contributed by atoms with Crippen LogP contribution in [-0.4, -0.2) is 74.9 Å². The minimum Gasteiger partial charge on any atom is -0.376 e. The summed E-state index contributed by atoms with van der Waals surface area (Å²) in [5.74, 6) is 1.11. The number of ether oxygens (including phenoxy) is 2. The normalized spacial score (nSPS) is 24.7. The van der Waals surface area contributed by atoms with Gasteiger partial charge in [-0.1, -0.05) is 0 Å². The van der Waals surface area contributed by atoms with Crippen molar-refractivity contribution < 1.29 is 14.3 Å². The first kappa shape index (κ1) is 20.4. The summed E-state index contributed by atoms with van der Waals surface area (Å²) in [6.45, 7) is 4.31. The SMILES string of the molecule is CN=C(NCCCC(=O)NC1CC1)N1CCC(OCC2CCCCO2)CC1. The van der Waals surface area contributed by atoms with E-state index in [-0.39, 0.29) is 5.91 Å². The Kier molecular flexibility index (Phi) is 8.20. The van der Waals surface area contributed by atoms with Crippen LogP contribution >= 0.6 is 0 Å². The molecule has 1 atom stereocenters. The van der Waals surface area contributed by atoms with E-state index in [4.69, 9.17) is 9.47 Å². The monoisotopic (exact) mass is 380 g/mol. The van der Waals surface area contributed by atoms with Crippen LogP contribution < -0.4 is 10.6 Å². The molecule has 3 fully saturated rings. The third-order valence-electron chi connectivity index (χ3n) is 5.55. The molecule has 7 heteroatoms. The van der Waals surface area contributed by atoms with Crippen LogP contribution in [0.2, 0.25) is 0 Å². The number of aliphatic imine (C=N–C) groups is 1. The molecule has 1 unspecified atom stereocenters. The van der Waals surface area contributed by atoms with Gasteiger partial charge in [0.1, 0.15) is 0 Å². The lowest BCUT2D eigenvalue weighted by atomic mass is 10.1. The fraction of sp³-hybridized carbons (Fsp3) is 0.900. The number of carbonyl (C=O) groups excluding carboxylic acids is 1. The Bertz CT molecular complexity index is 482. The van der Waals surface area contributed by atoms with Gasteiger partial charge >= 0.3 is 0 Å². The van der Waals surface area contributed by atoms with Crippen molar-refractivity contribution in [3.8, 4) is 0 Å². The number of carbonyl (C=O) groups is 1. The van der Waals surface area contributed by atoms with Crippen molar-refractivity contribution in [2.45, 2.75) is 76.0 Å². The maximum Gasteiger partial charge on any atom is 0.220 e. The average molecular weight is 381 g/mol. The van der Waals surface area contributed by atoms with Gasteiger partial charge in [0.15, 0.2) is 5.96 Å². The number of nitrogens with zero attached hydrogens (tertiary/aromatic N) is 2. The maximum atomic E-state index is 11.7. The molecule has 1 saturated carbocycles. The van der Waals surface area contributed by atoms with Gasteiger partial charge in [0.25, 0.3) is 0 Å². The number of rotatable bonds is 8. The summed E-state index contributed by atoms with van der Waals surface area (Å²) in [5, 5.41) is 6.43. The zero-order valence-corrected chi connectivity index (χ0v) is 16.8. The van der Waals surface area contributed by atoms with Gasteiger partial charge in [0, 0.05) is 45.8 Å². The standard InChI is InChI=1S/C20H36N4O3/c1-21-20(22-11-4-6-19(25)23-16-7-8-16)24-12-9-17(10-13-24)27-15-18-5-2-3-14-26-18/h16-18H,2-15H2,1H3,(H,21,22)(H,23,25). The molecule has 0 aromatic heterocycles. The number of guanidine groups is 1. The maximum absolute atomic E-state index is 11.7. The van der Waals surface area contributed by atoms with Crippen LogP contribution in [0.3, 0.4) is 0 Å². The van der Waals surface area contributed by atoms with Crippen molar-refractivity contribution in [3.63, 3.8) is 0 Å². The Morgan fingerprint density at radius 2 is 2.00 bits per heavy atom. The highest BCUT2D eigenvalue weighted by atomic mass is 16.5. The number of hydrogen-bond acceptors (Lipinski definition) is 4. The summed E-state index contributed by atoms with van der Waals surface area (Å²) in [6, 6.07) is 0.450. The quantitative estimate of drug-likeness (QED) is 0.381. The van der Waals surface area contributed by atoms with Crippen molar-refractivity contribution in [2.24, 2.45) is 4.99 Å². The van der Waals surface area contributed by atoms with Crippen molar-refractivity contribution in [2.75, 3.05) is 39.9 Å². The van der Waals surface area contributed by atoms with Gasteiger partial charge in [-0.3, -0.25) is 9.79 Å². The van der Waals surface area contributed by atoms with Crippen LogP contribution in [0.25, 0.3) is 0 Å². The van der Waals surface area contributed by atoms with Crippen molar-refractivity contribution in [1.82, 2.24) is 15.5 Å². The predicted molar refractivity (Wildman–Crippen MR) is 106 cm³/mol. The minimum atomic E-state index is 0.175. The highest BCUT2D eigenvalue weighted by molar-refractivity contribution is 5.80. The molecule has 0 aromatic carbocycles. The molecule has 1 amide bonds. The molecule has 0 aromatic rings. The van der Waals surface area contributed by atoms with Gasteiger partial charge in [-0.25, -0.2) is 0 Å². The molecular formula is C20H36N4O3. The molecule has 0 bridgehead atoms. The third-order valence-corrected chi connectivity index (χ3v) is 5.55. The number of amides is 1. The van der Waals surface area contributed by atoms with Crippen LogP contribution in [0, 0.1) is 0 Å². The van der Waals surface area contributed by atoms with E-state index in [0.29, 0.717) is 24.7 Å². The average Bonchev–Trinajstić information content (AvgIpc) is 3.52. The van der Waals surface area contributed by atoms with E-state index < -0.39 is 0 Å². The van der Waals surface area contributed by atoms with E-state index in [2.05, 4.69) is 20.5 Å². The second-order valence-electron chi connectivity index (χ2n) is 7.93. The Morgan fingerprint density at radius 1 is 1.19 bits per heavy atom. The first-order valence-electron chi connectivity index (χ1n) is 10.7. The summed E-state index contributed by atoms with van der Waals surface area (Å²) in [7, 11) is 1.82. The number of hydrogen-bond donors (Lipinski definition) is 2. The molecule has 2 heterocycles. The first-order chi connectivity index (χ1) is 13.2.